The average molecular weight is 511 g/mol. The van der Waals surface area contributed by atoms with E-state index in [0.29, 0.717) is 28.3 Å². The number of benzene rings is 2. The predicted octanol–water partition coefficient (Wildman–Crippen LogP) is 5.52. The molecule has 2 amide bonds. The van der Waals surface area contributed by atoms with E-state index >= 15 is 4.39 Å². The molecule has 4 nitrogen and oxygen atoms in total. The van der Waals surface area contributed by atoms with Crippen molar-refractivity contribution in [3.63, 3.8) is 0 Å². The first-order valence-corrected chi connectivity index (χ1v) is 12.3. The largest absolute Gasteiger partial charge is 0.302 e. The van der Waals surface area contributed by atoms with E-state index in [1.807, 2.05) is 38.1 Å². The molecule has 1 atom stereocenters. The molecule has 0 aliphatic carbocycles. The Morgan fingerprint density at radius 1 is 1.18 bits per heavy atom. The summed E-state index contributed by atoms with van der Waals surface area (Å²) < 4.78 is 15.4. The molecule has 1 unspecified atom stereocenters. The molecule has 3 aliphatic rings. The molecule has 1 fully saturated rings. The van der Waals surface area contributed by atoms with Gasteiger partial charge in [-0.3, -0.25) is 14.5 Å². The van der Waals surface area contributed by atoms with Gasteiger partial charge in [0.1, 0.15) is 10.1 Å². The molecule has 0 N–H and O–H groups in total. The first-order chi connectivity index (χ1) is 16.0. The van der Waals surface area contributed by atoms with Crippen molar-refractivity contribution in [2.75, 3.05) is 11.4 Å². The summed E-state index contributed by atoms with van der Waals surface area (Å²) in [5, 5.41) is 0.611. The number of rotatable bonds is 2. The number of thioether (sulfide) groups is 1. The van der Waals surface area contributed by atoms with Crippen LogP contribution in [0.5, 0.6) is 0 Å². The van der Waals surface area contributed by atoms with Crippen molar-refractivity contribution in [1.29, 1.82) is 0 Å². The number of nitrogens with zero attached hydrogens (tertiary/aromatic N) is 2. The SMILES string of the molecule is C#CCN1C(=O)C(=C2C(=O)N3c4c2cc(F)cc4C(C)(c2ccc(Cl)cc2)CC3(C)C)SC1=S. The Morgan fingerprint density at radius 2 is 1.85 bits per heavy atom. The van der Waals surface area contributed by atoms with Crippen molar-refractivity contribution in [2.45, 2.75) is 38.1 Å². The number of carbonyl (C=O) groups is 2. The second-order valence-electron chi connectivity index (χ2n) is 9.49. The molecule has 5 rings (SSSR count). The van der Waals surface area contributed by atoms with Crippen molar-refractivity contribution in [1.82, 2.24) is 4.90 Å². The lowest BCUT2D eigenvalue weighted by Gasteiger charge is -2.49. The molecule has 0 saturated carbocycles. The predicted molar refractivity (Wildman–Crippen MR) is 138 cm³/mol. The van der Waals surface area contributed by atoms with Gasteiger partial charge < -0.3 is 4.90 Å². The number of carbonyl (C=O) groups excluding carboxylic acids is 2. The van der Waals surface area contributed by atoms with E-state index in [-0.39, 0.29) is 27.3 Å². The Bertz CT molecular complexity index is 1380. The zero-order chi connectivity index (χ0) is 24.6. The Balaban J connectivity index is 1.79. The number of amides is 2. The zero-order valence-electron chi connectivity index (χ0n) is 18.7. The molecule has 0 radical (unpaired) electrons. The molecule has 3 heterocycles. The van der Waals surface area contributed by atoms with Crippen LogP contribution < -0.4 is 4.90 Å². The lowest BCUT2D eigenvalue weighted by Crippen LogP contribution is -2.54. The summed E-state index contributed by atoms with van der Waals surface area (Å²) in [6, 6.07) is 10.3. The van der Waals surface area contributed by atoms with E-state index < -0.39 is 22.7 Å². The summed E-state index contributed by atoms with van der Waals surface area (Å²) in [5.74, 6) is 1.20. The fourth-order valence-electron chi connectivity index (χ4n) is 5.47. The molecule has 172 valence electrons. The number of thiocarbonyl (C=S) groups is 1. The Hall–Kier alpha value is -2.66. The molecule has 3 aliphatic heterocycles. The monoisotopic (exact) mass is 510 g/mol. The van der Waals surface area contributed by atoms with Crippen LogP contribution in [0, 0.1) is 18.2 Å². The van der Waals surface area contributed by atoms with Gasteiger partial charge in [0, 0.05) is 21.5 Å². The molecular weight excluding hydrogens is 491 g/mol. The van der Waals surface area contributed by atoms with Gasteiger partial charge in [0.2, 0.25) is 0 Å². The van der Waals surface area contributed by atoms with Crippen LogP contribution in [-0.4, -0.2) is 33.1 Å². The van der Waals surface area contributed by atoms with Crippen molar-refractivity contribution in [3.8, 4) is 12.3 Å². The molecule has 0 spiro atoms. The van der Waals surface area contributed by atoms with Crippen LogP contribution >= 0.6 is 35.6 Å². The highest BCUT2D eigenvalue weighted by molar-refractivity contribution is 8.26. The van der Waals surface area contributed by atoms with E-state index in [4.69, 9.17) is 30.2 Å². The quantitative estimate of drug-likeness (QED) is 0.303. The fourth-order valence-corrected chi connectivity index (χ4v) is 6.92. The highest BCUT2D eigenvalue weighted by Gasteiger charge is 2.54. The number of terminal acetylenes is 1. The topological polar surface area (TPSA) is 40.6 Å². The summed E-state index contributed by atoms with van der Waals surface area (Å²) in [6.45, 7) is 6.04. The summed E-state index contributed by atoms with van der Waals surface area (Å²) in [4.78, 5) is 30.2. The molecule has 0 bridgehead atoms. The normalized spacial score (nSPS) is 25.1. The van der Waals surface area contributed by atoms with Crippen molar-refractivity contribution in [3.05, 3.63) is 68.8 Å². The minimum atomic E-state index is -0.612. The third-order valence-corrected chi connectivity index (χ3v) is 8.48. The van der Waals surface area contributed by atoms with E-state index in [0.717, 1.165) is 17.3 Å². The number of halogens is 2. The molecule has 1 saturated heterocycles. The van der Waals surface area contributed by atoms with Crippen LogP contribution in [-0.2, 0) is 15.0 Å². The lowest BCUT2D eigenvalue weighted by molar-refractivity contribution is -0.122. The van der Waals surface area contributed by atoms with Gasteiger partial charge in [-0.25, -0.2) is 4.39 Å². The number of hydrogen-bond donors (Lipinski definition) is 0. The van der Waals surface area contributed by atoms with E-state index in [2.05, 4.69) is 12.8 Å². The van der Waals surface area contributed by atoms with Gasteiger partial charge in [-0.05, 0) is 55.7 Å². The van der Waals surface area contributed by atoms with Gasteiger partial charge >= 0.3 is 0 Å². The molecular formula is C26H20ClFN2O2S2. The highest BCUT2D eigenvalue weighted by Crippen LogP contribution is 2.57. The summed E-state index contributed by atoms with van der Waals surface area (Å²) in [5.41, 5.74) is 1.70. The second-order valence-corrected chi connectivity index (χ2v) is 11.6. The van der Waals surface area contributed by atoms with Gasteiger partial charge in [0.05, 0.1) is 22.7 Å². The summed E-state index contributed by atoms with van der Waals surface area (Å²) in [7, 11) is 0. The van der Waals surface area contributed by atoms with Crippen LogP contribution in [0.1, 0.15) is 43.9 Å². The number of hydrogen-bond acceptors (Lipinski definition) is 4. The Morgan fingerprint density at radius 3 is 2.50 bits per heavy atom. The van der Waals surface area contributed by atoms with Gasteiger partial charge in [0.15, 0.2) is 0 Å². The molecule has 0 aromatic heterocycles. The summed E-state index contributed by atoms with van der Waals surface area (Å²) >= 11 is 12.5. The molecule has 34 heavy (non-hydrogen) atoms. The maximum atomic E-state index is 15.1. The van der Waals surface area contributed by atoms with E-state index in [1.165, 1.54) is 17.0 Å². The van der Waals surface area contributed by atoms with Gasteiger partial charge in [-0.1, -0.05) is 60.6 Å². The minimum absolute atomic E-state index is 0.0146. The van der Waals surface area contributed by atoms with Crippen LogP contribution in [0.4, 0.5) is 10.1 Å². The fraction of sp³-hybridized carbons (Fsp3) is 0.269. The standard InChI is InChI=1S/C26H20ClFN2O2S2/c1-5-10-29-23(32)21(34-24(29)33)19-17-11-16(28)12-18-20(17)30(22(19)31)25(2,3)13-26(18,4)14-6-8-15(27)9-7-14/h1,6-9,11-12H,10,13H2,2-4H3. The van der Waals surface area contributed by atoms with E-state index in [9.17, 15) is 9.59 Å². The Labute approximate surface area is 212 Å². The third-order valence-electron chi connectivity index (χ3n) is 6.78. The van der Waals surface area contributed by atoms with Crippen molar-refractivity contribution in [2.24, 2.45) is 0 Å². The van der Waals surface area contributed by atoms with Crippen LogP contribution in [0.25, 0.3) is 5.57 Å². The zero-order valence-corrected chi connectivity index (χ0v) is 21.1. The molecule has 2 aromatic carbocycles. The highest BCUT2D eigenvalue weighted by atomic mass is 35.5. The third kappa shape index (κ3) is 3.16. The first kappa shape index (κ1) is 23.1. The minimum Gasteiger partial charge on any atom is -0.302 e. The van der Waals surface area contributed by atoms with Gasteiger partial charge in [-0.15, -0.1) is 6.42 Å². The summed E-state index contributed by atoms with van der Waals surface area (Å²) in [6.07, 6.45) is 5.95. The van der Waals surface area contributed by atoms with E-state index in [1.54, 1.807) is 4.90 Å². The molecule has 8 heteroatoms. The first-order valence-electron chi connectivity index (χ1n) is 10.7. The van der Waals surface area contributed by atoms with Gasteiger partial charge in [-0.2, -0.15) is 0 Å². The second kappa shape index (κ2) is 7.67. The smallest absolute Gasteiger partial charge is 0.267 e. The molecule has 2 aromatic rings. The number of anilines is 1. The van der Waals surface area contributed by atoms with Crippen LogP contribution in [0.2, 0.25) is 5.02 Å². The van der Waals surface area contributed by atoms with Crippen molar-refractivity contribution >= 4 is 63.0 Å². The Kier molecular flexibility index (Phi) is 5.21. The van der Waals surface area contributed by atoms with Crippen LogP contribution in [0.3, 0.4) is 0 Å². The van der Waals surface area contributed by atoms with Gasteiger partial charge in [0.25, 0.3) is 11.8 Å². The van der Waals surface area contributed by atoms with Crippen LogP contribution in [0.15, 0.2) is 41.3 Å². The van der Waals surface area contributed by atoms with Crippen molar-refractivity contribution < 1.29 is 14.0 Å². The lowest BCUT2D eigenvalue weighted by atomic mass is 9.65. The maximum Gasteiger partial charge on any atom is 0.267 e. The maximum absolute atomic E-state index is 15.1. The average Bonchev–Trinajstić information content (AvgIpc) is 3.20.